The maximum Gasteiger partial charge on any atom is 0.329 e. The molecule has 14 heavy (non-hydrogen) atoms. The molecule has 1 unspecified atom stereocenters. The Bertz CT molecular complexity index is 334. The highest BCUT2D eigenvalue weighted by Gasteiger charge is 2.65. The molecule has 0 aromatic carbocycles. The number of carboxylic acids is 1. The molecule has 1 N–H and O–H groups in total. The van der Waals surface area contributed by atoms with Gasteiger partial charge in [-0.3, -0.25) is 4.79 Å². The second-order valence-corrected chi connectivity index (χ2v) is 4.99. The third kappa shape index (κ3) is 0.792. The summed E-state index contributed by atoms with van der Waals surface area (Å²) in [6.45, 7) is 0.693. The van der Waals surface area contributed by atoms with Crippen molar-refractivity contribution in [2.75, 3.05) is 6.54 Å². The highest BCUT2D eigenvalue weighted by Crippen LogP contribution is 2.60. The number of carboxylic acid groups (broad SMARTS) is 1. The zero-order chi connectivity index (χ0) is 9.97. The summed E-state index contributed by atoms with van der Waals surface area (Å²) in [6.07, 6.45) is 3.84. The standard InChI is InChI=1S/C10H13NO3/c12-7-1-2-10(8(13)14)5-9(3-4-9)6-11(7)10/h1-6H2,(H,13,14). The van der Waals surface area contributed by atoms with Crippen molar-refractivity contribution >= 4 is 11.9 Å². The lowest BCUT2D eigenvalue weighted by Gasteiger charge is -2.26. The number of nitrogens with zero attached hydrogens (tertiary/aromatic N) is 1. The summed E-state index contributed by atoms with van der Waals surface area (Å²) in [7, 11) is 0. The highest BCUT2D eigenvalue weighted by molar-refractivity contribution is 5.92. The van der Waals surface area contributed by atoms with E-state index in [1.165, 1.54) is 0 Å². The van der Waals surface area contributed by atoms with Crippen LogP contribution in [0.1, 0.15) is 32.1 Å². The molecule has 1 saturated carbocycles. The van der Waals surface area contributed by atoms with Crippen LogP contribution in [0.3, 0.4) is 0 Å². The lowest BCUT2D eigenvalue weighted by molar-refractivity contribution is -0.151. The van der Waals surface area contributed by atoms with Crippen LogP contribution in [-0.2, 0) is 9.59 Å². The molecule has 2 saturated heterocycles. The average Bonchev–Trinajstić information content (AvgIpc) is 2.66. The monoisotopic (exact) mass is 195 g/mol. The lowest BCUT2D eigenvalue weighted by atomic mass is 9.89. The van der Waals surface area contributed by atoms with E-state index in [2.05, 4.69) is 0 Å². The molecule has 2 aliphatic heterocycles. The van der Waals surface area contributed by atoms with Crippen LogP contribution in [0.5, 0.6) is 0 Å². The molecule has 0 aromatic rings. The van der Waals surface area contributed by atoms with Crippen LogP contribution >= 0.6 is 0 Å². The van der Waals surface area contributed by atoms with Gasteiger partial charge in [-0.05, 0) is 31.1 Å². The van der Waals surface area contributed by atoms with Gasteiger partial charge in [0.2, 0.25) is 5.91 Å². The van der Waals surface area contributed by atoms with Crippen LogP contribution in [0.4, 0.5) is 0 Å². The molecule has 1 aliphatic carbocycles. The van der Waals surface area contributed by atoms with Gasteiger partial charge in [0, 0.05) is 13.0 Å². The third-order valence-electron chi connectivity index (χ3n) is 4.09. The van der Waals surface area contributed by atoms with E-state index in [0.717, 1.165) is 12.8 Å². The van der Waals surface area contributed by atoms with E-state index in [4.69, 9.17) is 0 Å². The fourth-order valence-corrected chi connectivity index (χ4v) is 3.07. The van der Waals surface area contributed by atoms with E-state index in [-0.39, 0.29) is 11.3 Å². The smallest absolute Gasteiger partial charge is 0.329 e. The summed E-state index contributed by atoms with van der Waals surface area (Å²) in [6, 6.07) is 0. The van der Waals surface area contributed by atoms with Crippen LogP contribution in [0.2, 0.25) is 0 Å². The maximum atomic E-state index is 11.5. The number of hydrogen-bond acceptors (Lipinski definition) is 2. The molecule has 3 aliphatic rings. The minimum absolute atomic E-state index is 0.0381. The van der Waals surface area contributed by atoms with Gasteiger partial charge in [0.05, 0.1) is 0 Å². The van der Waals surface area contributed by atoms with Crippen molar-refractivity contribution in [1.29, 1.82) is 0 Å². The highest BCUT2D eigenvalue weighted by atomic mass is 16.4. The van der Waals surface area contributed by atoms with Crippen molar-refractivity contribution in [3.8, 4) is 0 Å². The number of carbonyl (C=O) groups excluding carboxylic acids is 1. The largest absolute Gasteiger partial charge is 0.479 e. The molecule has 0 aromatic heterocycles. The van der Waals surface area contributed by atoms with E-state index in [9.17, 15) is 14.7 Å². The minimum Gasteiger partial charge on any atom is -0.479 e. The molecular weight excluding hydrogens is 182 g/mol. The molecule has 3 fully saturated rings. The Kier molecular flexibility index (Phi) is 1.25. The second-order valence-electron chi connectivity index (χ2n) is 4.99. The SMILES string of the molecule is O=C1CCC2(C(=O)O)CC3(CC3)CN12. The molecular formula is C10H13NO3. The maximum absolute atomic E-state index is 11.5. The van der Waals surface area contributed by atoms with Gasteiger partial charge in [0.15, 0.2) is 0 Å². The summed E-state index contributed by atoms with van der Waals surface area (Å²) in [5.41, 5.74) is -0.637. The van der Waals surface area contributed by atoms with Gasteiger partial charge in [-0.25, -0.2) is 4.79 Å². The van der Waals surface area contributed by atoms with Crippen molar-refractivity contribution < 1.29 is 14.7 Å². The number of hydrogen-bond donors (Lipinski definition) is 1. The average molecular weight is 195 g/mol. The van der Waals surface area contributed by atoms with Crippen molar-refractivity contribution in [3.05, 3.63) is 0 Å². The Hall–Kier alpha value is -1.06. The van der Waals surface area contributed by atoms with Gasteiger partial charge in [-0.15, -0.1) is 0 Å². The predicted molar refractivity (Wildman–Crippen MR) is 47.6 cm³/mol. The van der Waals surface area contributed by atoms with Crippen LogP contribution in [0, 0.1) is 5.41 Å². The zero-order valence-electron chi connectivity index (χ0n) is 7.95. The summed E-state index contributed by atoms with van der Waals surface area (Å²) in [5.74, 6) is -0.761. The van der Waals surface area contributed by atoms with Gasteiger partial charge >= 0.3 is 5.97 Å². The first-order valence-electron chi connectivity index (χ1n) is 5.12. The number of carbonyl (C=O) groups is 2. The Morgan fingerprint density at radius 2 is 2.07 bits per heavy atom. The van der Waals surface area contributed by atoms with E-state index < -0.39 is 11.5 Å². The van der Waals surface area contributed by atoms with Gasteiger partial charge < -0.3 is 10.0 Å². The van der Waals surface area contributed by atoms with E-state index >= 15 is 0 Å². The molecule has 4 nitrogen and oxygen atoms in total. The Morgan fingerprint density at radius 1 is 1.36 bits per heavy atom. The molecule has 1 spiro atoms. The van der Waals surface area contributed by atoms with Crippen molar-refractivity contribution in [1.82, 2.24) is 4.90 Å². The minimum atomic E-state index is -0.826. The van der Waals surface area contributed by atoms with Crippen LogP contribution in [0.15, 0.2) is 0 Å². The molecule has 1 atom stereocenters. The molecule has 3 rings (SSSR count). The summed E-state index contributed by atoms with van der Waals surface area (Å²) >= 11 is 0. The normalized spacial score (nSPS) is 37.7. The fourth-order valence-electron chi connectivity index (χ4n) is 3.07. The van der Waals surface area contributed by atoms with E-state index in [1.807, 2.05) is 0 Å². The Labute approximate surface area is 81.9 Å². The van der Waals surface area contributed by atoms with Gasteiger partial charge in [0.1, 0.15) is 5.54 Å². The Balaban J connectivity index is 2.01. The van der Waals surface area contributed by atoms with Crippen LogP contribution < -0.4 is 0 Å². The molecule has 0 radical (unpaired) electrons. The number of aliphatic carboxylic acids is 1. The first-order valence-corrected chi connectivity index (χ1v) is 5.12. The zero-order valence-corrected chi connectivity index (χ0v) is 7.95. The van der Waals surface area contributed by atoms with Crippen molar-refractivity contribution in [3.63, 3.8) is 0 Å². The van der Waals surface area contributed by atoms with Crippen molar-refractivity contribution in [2.45, 2.75) is 37.6 Å². The lowest BCUT2D eigenvalue weighted by Crippen LogP contribution is -2.47. The second kappa shape index (κ2) is 2.12. The molecule has 4 heteroatoms. The predicted octanol–water partition coefficient (Wildman–Crippen LogP) is 0.616. The van der Waals surface area contributed by atoms with Crippen molar-refractivity contribution in [2.24, 2.45) is 5.41 Å². The topological polar surface area (TPSA) is 57.6 Å². The quantitative estimate of drug-likeness (QED) is 0.667. The Morgan fingerprint density at radius 3 is 2.57 bits per heavy atom. The number of amides is 1. The summed E-state index contributed by atoms with van der Waals surface area (Å²) in [4.78, 5) is 24.4. The van der Waals surface area contributed by atoms with Gasteiger partial charge in [0.25, 0.3) is 0 Å². The first-order chi connectivity index (χ1) is 6.58. The molecule has 2 heterocycles. The van der Waals surface area contributed by atoms with Crippen LogP contribution in [-0.4, -0.2) is 34.0 Å². The molecule has 76 valence electrons. The van der Waals surface area contributed by atoms with Gasteiger partial charge in [-0.1, -0.05) is 0 Å². The first kappa shape index (κ1) is 8.26. The molecule has 1 amide bonds. The number of rotatable bonds is 1. The summed E-state index contributed by atoms with van der Waals surface area (Å²) < 4.78 is 0. The van der Waals surface area contributed by atoms with E-state index in [0.29, 0.717) is 25.8 Å². The number of fused-ring (bicyclic) bond motifs is 1. The summed E-state index contributed by atoms with van der Waals surface area (Å²) in [5, 5.41) is 9.26. The van der Waals surface area contributed by atoms with E-state index in [1.54, 1.807) is 4.90 Å². The van der Waals surface area contributed by atoms with Gasteiger partial charge in [-0.2, -0.15) is 0 Å². The van der Waals surface area contributed by atoms with Crippen LogP contribution in [0.25, 0.3) is 0 Å². The molecule has 0 bridgehead atoms. The fraction of sp³-hybridized carbons (Fsp3) is 0.800. The third-order valence-corrected chi connectivity index (χ3v) is 4.09.